The summed E-state index contributed by atoms with van der Waals surface area (Å²) < 4.78 is 68.5. The van der Waals surface area contributed by atoms with Crippen LogP contribution in [0.3, 0.4) is 0 Å². The van der Waals surface area contributed by atoms with Crippen molar-refractivity contribution in [3.8, 4) is 0 Å². The molecule has 0 radical (unpaired) electrons. The van der Waals surface area contributed by atoms with Crippen LogP contribution in [-0.2, 0) is 65.4 Å². The minimum atomic E-state index is -4.96. The van der Waals surface area contributed by atoms with Crippen molar-refractivity contribution in [1.29, 1.82) is 0 Å². The summed E-state index contributed by atoms with van der Waals surface area (Å²) in [4.78, 5) is 72.8. The number of phosphoric ester groups is 2. The molecule has 0 aromatic heterocycles. The smallest absolute Gasteiger partial charge is 0.462 e. The van der Waals surface area contributed by atoms with Gasteiger partial charge in [-0.1, -0.05) is 357 Å². The zero-order chi connectivity index (χ0) is 72.3. The number of hydrogen-bond acceptors (Lipinski definition) is 15. The first kappa shape index (κ1) is 96.1. The molecule has 0 amide bonds. The van der Waals surface area contributed by atoms with Crippen molar-refractivity contribution in [3.05, 3.63) is 0 Å². The number of aliphatic hydroxyl groups excluding tert-OH is 1. The van der Waals surface area contributed by atoms with E-state index in [0.717, 1.165) is 120 Å². The molecular weight excluding hydrogens is 1280 g/mol. The summed E-state index contributed by atoms with van der Waals surface area (Å²) in [7, 11) is -9.91. The molecule has 0 aromatic rings. The fourth-order valence-electron chi connectivity index (χ4n) is 12.1. The molecule has 0 aliphatic carbocycles. The Hall–Kier alpha value is -1.94. The molecule has 19 heteroatoms. The first-order valence-electron chi connectivity index (χ1n) is 40.9. The maximum Gasteiger partial charge on any atom is 0.472 e. The molecule has 0 heterocycles. The highest BCUT2D eigenvalue weighted by molar-refractivity contribution is 7.47. The third-order valence-corrected chi connectivity index (χ3v) is 21.0. The average molecular weight is 1440 g/mol. The predicted octanol–water partition coefficient (Wildman–Crippen LogP) is 23.4. The second-order valence-electron chi connectivity index (χ2n) is 29.4. The van der Waals surface area contributed by atoms with Gasteiger partial charge in [-0.2, -0.15) is 0 Å². The molecule has 0 bridgehead atoms. The lowest BCUT2D eigenvalue weighted by atomic mass is 9.99. The molecule has 0 rings (SSSR count). The van der Waals surface area contributed by atoms with Crippen molar-refractivity contribution in [2.24, 2.45) is 17.8 Å². The Labute approximate surface area is 600 Å². The van der Waals surface area contributed by atoms with Gasteiger partial charge < -0.3 is 33.8 Å². The second kappa shape index (κ2) is 69.4. The minimum Gasteiger partial charge on any atom is -0.462 e. The van der Waals surface area contributed by atoms with Crippen molar-refractivity contribution in [2.75, 3.05) is 39.6 Å². The van der Waals surface area contributed by atoms with Crippen LogP contribution in [0.15, 0.2) is 0 Å². The molecule has 7 atom stereocenters. The van der Waals surface area contributed by atoms with Crippen molar-refractivity contribution in [2.45, 2.75) is 426 Å². The van der Waals surface area contributed by atoms with Gasteiger partial charge in [0.2, 0.25) is 0 Å². The number of rotatable bonds is 77. The summed E-state index contributed by atoms with van der Waals surface area (Å²) in [5, 5.41) is 10.6. The van der Waals surface area contributed by atoms with Crippen molar-refractivity contribution in [3.63, 3.8) is 0 Å². The van der Waals surface area contributed by atoms with E-state index in [4.69, 9.17) is 37.0 Å². The van der Waals surface area contributed by atoms with E-state index in [1.54, 1.807) is 0 Å². The highest BCUT2D eigenvalue weighted by Gasteiger charge is 2.30. The Balaban J connectivity index is 5.18. The van der Waals surface area contributed by atoms with Crippen LogP contribution in [0.1, 0.15) is 408 Å². The topological polar surface area (TPSA) is 237 Å². The van der Waals surface area contributed by atoms with E-state index in [1.165, 1.54) is 205 Å². The van der Waals surface area contributed by atoms with Crippen LogP contribution < -0.4 is 0 Å². The largest absolute Gasteiger partial charge is 0.472 e. The summed E-state index contributed by atoms with van der Waals surface area (Å²) in [5.41, 5.74) is 0. The van der Waals surface area contributed by atoms with Gasteiger partial charge in [-0.3, -0.25) is 37.3 Å². The molecule has 0 spiro atoms. The van der Waals surface area contributed by atoms with Gasteiger partial charge in [0.25, 0.3) is 0 Å². The first-order valence-corrected chi connectivity index (χ1v) is 43.9. The molecular formula is C79H154O17P2. The third kappa shape index (κ3) is 69.8. The fourth-order valence-corrected chi connectivity index (χ4v) is 13.6. The number of carbonyl (C=O) groups is 4. The molecule has 0 aliphatic rings. The minimum absolute atomic E-state index is 0.105. The lowest BCUT2D eigenvalue weighted by Gasteiger charge is -2.21. The van der Waals surface area contributed by atoms with E-state index in [1.807, 2.05) is 0 Å². The molecule has 17 nitrogen and oxygen atoms in total. The maximum atomic E-state index is 13.1. The summed E-state index contributed by atoms with van der Waals surface area (Å²) in [6.45, 7) is 12.0. The normalized spacial score (nSPS) is 14.6. The van der Waals surface area contributed by atoms with E-state index in [9.17, 15) is 43.2 Å². The highest BCUT2D eigenvalue weighted by Crippen LogP contribution is 2.45. The molecule has 4 unspecified atom stereocenters. The van der Waals surface area contributed by atoms with Crippen LogP contribution >= 0.6 is 15.6 Å². The Morgan fingerprint density at radius 2 is 0.520 bits per heavy atom. The number of aliphatic hydroxyl groups is 1. The molecule has 3 N–H and O–H groups in total. The van der Waals surface area contributed by atoms with Crippen LogP contribution in [0.2, 0.25) is 0 Å². The zero-order valence-corrected chi connectivity index (χ0v) is 66.0. The predicted molar refractivity (Wildman–Crippen MR) is 400 cm³/mol. The molecule has 98 heavy (non-hydrogen) atoms. The second-order valence-corrected chi connectivity index (χ2v) is 32.3. The number of ether oxygens (including phenoxy) is 4. The average Bonchev–Trinajstić information content (AvgIpc) is 3.44. The zero-order valence-electron chi connectivity index (χ0n) is 64.3. The fraction of sp³-hybridized carbons (Fsp3) is 0.949. The van der Waals surface area contributed by atoms with E-state index in [0.29, 0.717) is 25.7 Å². The Morgan fingerprint density at radius 1 is 0.296 bits per heavy atom. The van der Waals surface area contributed by atoms with Gasteiger partial charge in [0.05, 0.1) is 26.4 Å². The van der Waals surface area contributed by atoms with Gasteiger partial charge >= 0.3 is 39.5 Å². The van der Waals surface area contributed by atoms with Gasteiger partial charge in [0.1, 0.15) is 19.3 Å². The Bertz CT molecular complexity index is 1910. The van der Waals surface area contributed by atoms with Crippen LogP contribution in [0.5, 0.6) is 0 Å². The first-order chi connectivity index (χ1) is 47.3. The van der Waals surface area contributed by atoms with Gasteiger partial charge in [-0.05, 0) is 43.4 Å². The Kier molecular flexibility index (Phi) is 68.1. The molecule has 0 aliphatic heterocycles. The SMILES string of the molecule is CCCCCCCCCC(=O)OC[C@H](COP(=O)(O)OC[C@H](O)COP(=O)(O)OC[C@@H](COC(=O)CCCCCCCCCCCCCCCCC(C)CC)OC(=O)CCCCCCCCCCCCCCCCCCCCC(C)C)OC(=O)CCCCCCCCCCC(C)CC. The lowest BCUT2D eigenvalue weighted by Crippen LogP contribution is -2.30. The van der Waals surface area contributed by atoms with Crippen molar-refractivity contribution in [1.82, 2.24) is 0 Å². The van der Waals surface area contributed by atoms with Crippen LogP contribution in [0.4, 0.5) is 0 Å². The van der Waals surface area contributed by atoms with E-state index >= 15 is 0 Å². The summed E-state index contributed by atoms with van der Waals surface area (Å²) in [6, 6.07) is 0. The quantitative estimate of drug-likeness (QED) is 0.0222. The van der Waals surface area contributed by atoms with Gasteiger partial charge in [-0.25, -0.2) is 9.13 Å². The van der Waals surface area contributed by atoms with Crippen LogP contribution in [0.25, 0.3) is 0 Å². The Morgan fingerprint density at radius 3 is 0.776 bits per heavy atom. The van der Waals surface area contributed by atoms with E-state index < -0.39 is 97.5 Å². The number of carbonyl (C=O) groups excluding carboxylic acids is 4. The number of unbranched alkanes of at least 4 members (excludes halogenated alkanes) is 43. The van der Waals surface area contributed by atoms with Crippen LogP contribution in [0, 0.1) is 17.8 Å². The standard InChI is InChI=1S/C79H154O17P2/c1-8-11-12-13-36-46-53-60-76(81)89-66-74(96-79(84)63-56-49-42-35-34-39-45-52-59-72(7)10-3)68-93-97(85,86)91-64-73(80)65-92-98(87,88)94-69-75(67-90-77(82)61-54-47-40-32-28-24-21-20-23-27-31-38-44-51-58-71(6)9-2)95-78(83)62-55-48-41-33-29-25-19-17-15-14-16-18-22-26-30-37-43-50-57-70(4)5/h70-75,80H,8-69H2,1-7H3,(H,85,86)(H,87,88)/t71?,72?,73-,74+,75+/m0/s1. The maximum absolute atomic E-state index is 13.1. The molecule has 0 aromatic carbocycles. The molecule has 0 fully saturated rings. The van der Waals surface area contributed by atoms with E-state index in [2.05, 4.69) is 48.5 Å². The van der Waals surface area contributed by atoms with Gasteiger partial charge in [-0.15, -0.1) is 0 Å². The summed E-state index contributed by atoms with van der Waals surface area (Å²) >= 11 is 0. The summed E-state index contributed by atoms with van der Waals surface area (Å²) in [5.74, 6) is 0.320. The van der Waals surface area contributed by atoms with Gasteiger partial charge in [0, 0.05) is 25.7 Å². The highest BCUT2D eigenvalue weighted by atomic mass is 31.2. The molecule has 582 valence electrons. The summed E-state index contributed by atoms with van der Waals surface area (Å²) in [6.07, 6.45) is 57.0. The van der Waals surface area contributed by atoms with Crippen molar-refractivity contribution >= 4 is 39.5 Å². The van der Waals surface area contributed by atoms with Crippen LogP contribution in [-0.4, -0.2) is 96.7 Å². The number of hydrogen-bond donors (Lipinski definition) is 3. The van der Waals surface area contributed by atoms with E-state index in [-0.39, 0.29) is 25.7 Å². The number of phosphoric acid groups is 2. The molecule has 0 saturated carbocycles. The molecule has 0 saturated heterocycles. The lowest BCUT2D eigenvalue weighted by molar-refractivity contribution is -0.161. The third-order valence-electron chi connectivity index (χ3n) is 19.1. The van der Waals surface area contributed by atoms with Gasteiger partial charge in [0.15, 0.2) is 12.2 Å². The monoisotopic (exact) mass is 1440 g/mol. The number of esters is 4. The van der Waals surface area contributed by atoms with Crippen molar-refractivity contribution < 1.29 is 80.2 Å².